The van der Waals surface area contributed by atoms with Crippen molar-refractivity contribution in [3.8, 4) is 0 Å². The van der Waals surface area contributed by atoms with Gasteiger partial charge in [0.25, 0.3) is 0 Å². The largest absolute Gasteiger partial charge is 0.310 e. The van der Waals surface area contributed by atoms with E-state index in [2.05, 4.69) is 21.2 Å². The summed E-state index contributed by atoms with van der Waals surface area (Å²) in [5, 5.41) is 4.45. The van der Waals surface area contributed by atoms with Crippen molar-refractivity contribution in [2.45, 2.75) is 19.4 Å². The minimum absolute atomic E-state index is 0.0443. The normalized spacial score (nSPS) is 12.4. The zero-order valence-electron chi connectivity index (χ0n) is 11.5. The number of hydrogen-bond acceptors (Lipinski definition) is 1. The lowest BCUT2D eigenvalue weighted by Gasteiger charge is -2.20. The highest BCUT2D eigenvalue weighted by atomic mass is 79.9. The van der Waals surface area contributed by atoms with Gasteiger partial charge >= 0.3 is 0 Å². The second-order valence-corrected chi connectivity index (χ2v) is 6.31. The molecule has 0 aliphatic carbocycles. The lowest BCUT2D eigenvalue weighted by atomic mass is 9.98. The summed E-state index contributed by atoms with van der Waals surface area (Å²) in [6.45, 7) is 2.84. The first-order chi connectivity index (χ1) is 10.0. The van der Waals surface area contributed by atoms with E-state index in [1.165, 1.54) is 6.07 Å². The van der Waals surface area contributed by atoms with Gasteiger partial charge in [0.15, 0.2) is 0 Å². The quantitative estimate of drug-likeness (QED) is 0.681. The molecule has 0 saturated heterocycles. The van der Waals surface area contributed by atoms with Gasteiger partial charge in [-0.1, -0.05) is 48.3 Å². The fourth-order valence-corrected chi connectivity index (χ4v) is 2.94. The molecule has 21 heavy (non-hydrogen) atoms. The second-order valence-electron chi connectivity index (χ2n) is 4.70. The number of halogens is 4. The van der Waals surface area contributed by atoms with Gasteiger partial charge in [0.1, 0.15) is 5.82 Å². The second kappa shape index (κ2) is 7.59. The van der Waals surface area contributed by atoms with E-state index in [1.54, 1.807) is 12.1 Å². The summed E-state index contributed by atoms with van der Waals surface area (Å²) in [6, 6.07) is 10.7. The van der Waals surface area contributed by atoms with E-state index < -0.39 is 0 Å². The van der Waals surface area contributed by atoms with E-state index in [0.29, 0.717) is 20.9 Å². The molecule has 0 aliphatic heterocycles. The van der Waals surface area contributed by atoms with Crippen LogP contribution in [0.4, 0.5) is 4.39 Å². The molecule has 0 saturated carbocycles. The van der Waals surface area contributed by atoms with Gasteiger partial charge < -0.3 is 5.32 Å². The fraction of sp³-hybridized carbons (Fsp3) is 0.250. The highest BCUT2D eigenvalue weighted by Gasteiger charge is 2.15. The van der Waals surface area contributed by atoms with E-state index in [4.69, 9.17) is 23.2 Å². The Morgan fingerprint density at radius 1 is 1.19 bits per heavy atom. The topological polar surface area (TPSA) is 12.0 Å². The van der Waals surface area contributed by atoms with Crippen molar-refractivity contribution in [2.75, 3.05) is 6.54 Å². The van der Waals surface area contributed by atoms with E-state index >= 15 is 0 Å². The number of nitrogens with one attached hydrogen (secondary N) is 1. The molecule has 2 rings (SSSR count). The van der Waals surface area contributed by atoms with Crippen LogP contribution in [0.15, 0.2) is 40.9 Å². The molecule has 0 aromatic heterocycles. The Morgan fingerprint density at radius 3 is 2.62 bits per heavy atom. The van der Waals surface area contributed by atoms with Crippen molar-refractivity contribution in [3.05, 3.63) is 67.9 Å². The summed E-state index contributed by atoms with van der Waals surface area (Å²) >= 11 is 15.4. The van der Waals surface area contributed by atoms with E-state index in [0.717, 1.165) is 17.7 Å². The Hall–Kier alpha value is -0.610. The van der Waals surface area contributed by atoms with Crippen molar-refractivity contribution >= 4 is 39.1 Å². The van der Waals surface area contributed by atoms with Gasteiger partial charge in [-0.15, -0.1) is 0 Å². The summed E-state index contributed by atoms with van der Waals surface area (Å²) in [6.07, 6.45) is 0.657. The lowest BCUT2D eigenvalue weighted by Crippen LogP contribution is -2.23. The highest BCUT2D eigenvalue weighted by Crippen LogP contribution is 2.29. The van der Waals surface area contributed by atoms with Crippen molar-refractivity contribution in [3.63, 3.8) is 0 Å². The van der Waals surface area contributed by atoms with Crippen LogP contribution in [0.1, 0.15) is 24.1 Å². The average molecular weight is 391 g/mol. The standard InChI is InChI=1S/C16H15BrCl2FN/c1-2-21-15(10-6-7-12(18)13(19)8-10)9-11-4-3-5-14(20)16(11)17/h3-8,15,21H,2,9H2,1H3. The molecule has 0 fully saturated rings. The number of hydrogen-bond donors (Lipinski definition) is 1. The fourth-order valence-electron chi connectivity index (χ4n) is 2.21. The molecular weight excluding hydrogens is 376 g/mol. The van der Waals surface area contributed by atoms with Crippen LogP contribution in [0.5, 0.6) is 0 Å². The minimum atomic E-state index is -0.253. The third-order valence-electron chi connectivity index (χ3n) is 3.25. The van der Waals surface area contributed by atoms with Crippen LogP contribution in [0.3, 0.4) is 0 Å². The van der Waals surface area contributed by atoms with Crippen LogP contribution >= 0.6 is 39.1 Å². The zero-order valence-corrected chi connectivity index (χ0v) is 14.6. The molecule has 1 N–H and O–H groups in total. The molecule has 2 aromatic rings. The minimum Gasteiger partial charge on any atom is -0.310 e. The molecular formula is C16H15BrCl2FN. The van der Waals surface area contributed by atoms with Gasteiger partial charge in [0.05, 0.1) is 14.5 Å². The highest BCUT2D eigenvalue weighted by molar-refractivity contribution is 9.10. The molecule has 0 heterocycles. The predicted molar refractivity (Wildman–Crippen MR) is 90.7 cm³/mol. The van der Waals surface area contributed by atoms with Crippen molar-refractivity contribution in [1.82, 2.24) is 5.32 Å². The van der Waals surface area contributed by atoms with Crippen LogP contribution in [0, 0.1) is 5.82 Å². The van der Waals surface area contributed by atoms with E-state index in [-0.39, 0.29) is 11.9 Å². The third kappa shape index (κ3) is 4.19. The molecule has 1 unspecified atom stereocenters. The molecule has 1 atom stereocenters. The van der Waals surface area contributed by atoms with Gasteiger partial charge in [-0.2, -0.15) is 0 Å². The Morgan fingerprint density at radius 2 is 1.95 bits per heavy atom. The maximum Gasteiger partial charge on any atom is 0.137 e. The summed E-state index contributed by atoms with van der Waals surface area (Å²) in [4.78, 5) is 0. The Labute approximate surface area is 142 Å². The SMILES string of the molecule is CCNC(Cc1cccc(F)c1Br)c1ccc(Cl)c(Cl)c1. The molecule has 5 heteroatoms. The van der Waals surface area contributed by atoms with Gasteiger partial charge in [0.2, 0.25) is 0 Å². The number of rotatable bonds is 5. The summed E-state index contributed by atoms with van der Waals surface area (Å²) in [7, 11) is 0. The van der Waals surface area contributed by atoms with Gasteiger partial charge in [-0.3, -0.25) is 0 Å². The maximum atomic E-state index is 13.6. The van der Waals surface area contributed by atoms with Crippen LogP contribution in [0.25, 0.3) is 0 Å². The molecule has 1 nitrogen and oxygen atoms in total. The number of benzene rings is 2. The van der Waals surface area contributed by atoms with Gasteiger partial charge in [-0.05, 0) is 58.2 Å². The Balaban J connectivity index is 2.30. The average Bonchev–Trinajstić information content (AvgIpc) is 2.46. The molecule has 0 bridgehead atoms. The smallest absolute Gasteiger partial charge is 0.137 e. The van der Waals surface area contributed by atoms with Crippen LogP contribution in [-0.4, -0.2) is 6.54 Å². The predicted octanol–water partition coefficient (Wildman–Crippen LogP) is 5.79. The molecule has 0 spiro atoms. The van der Waals surface area contributed by atoms with Crippen LogP contribution in [0.2, 0.25) is 10.0 Å². The molecule has 0 radical (unpaired) electrons. The summed E-state index contributed by atoms with van der Waals surface area (Å²) in [5.74, 6) is -0.253. The maximum absolute atomic E-state index is 13.6. The van der Waals surface area contributed by atoms with Crippen molar-refractivity contribution < 1.29 is 4.39 Å². The Kier molecular flexibility index (Phi) is 6.06. The summed E-state index contributed by atoms with van der Waals surface area (Å²) in [5.41, 5.74) is 1.94. The lowest BCUT2D eigenvalue weighted by molar-refractivity contribution is 0.545. The van der Waals surface area contributed by atoms with E-state index in [9.17, 15) is 4.39 Å². The van der Waals surface area contributed by atoms with Crippen molar-refractivity contribution in [1.29, 1.82) is 0 Å². The first kappa shape index (κ1) is 16.8. The molecule has 0 aliphatic rings. The molecule has 0 amide bonds. The molecule has 2 aromatic carbocycles. The number of likely N-dealkylation sites (N-methyl/N-ethyl adjacent to an activating group) is 1. The van der Waals surface area contributed by atoms with Crippen LogP contribution in [-0.2, 0) is 6.42 Å². The van der Waals surface area contributed by atoms with E-state index in [1.807, 2.05) is 25.1 Å². The van der Waals surface area contributed by atoms with Crippen LogP contribution < -0.4 is 5.32 Å². The Bertz CT molecular complexity index is 634. The molecule has 112 valence electrons. The summed E-state index contributed by atoms with van der Waals surface area (Å²) < 4.78 is 14.1. The van der Waals surface area contributed by atoms with Crippen molar-refractivity contribution in [2.24, 2.45) is 0 Å². The first-order valence-electron chi connectivity index (χ1n) is 6.64. The third-order valence-corrected chi connectivity index (χ3v) is 4.88. The zero-order chi connectivity index (χ0) is 15.4. The monoisotopic (exact) mass is 389 g/mol. The van der Waals surface area contributed by atoms with Gasteiger partial charge in [0, 0.05) is 6.04 Å². The first-order valence-corrected chi connectivity index (χ1v) is 8.19. The van der Waals surface area contributed by atoms with Gasteiger partial charge in [-0.25, -0.2) is 4.39 Å².